The van der Waals surface area contributed by atoms with Gasteiger partial charge in [0.25, 0.3) is 0 Å². The Morgan fingerprint density at radius 3 is 2.75 bits per heavy atom. The van der Waals surface area contributed by atoms with Crippen LogP contribution in [0.1, 0.15) is 29.6 Å². The number of nitrogens with zero attached hydrogens (tertiary/aromatic N) is 6. The summed E-state index contributed by atoms with van der Waals surface area (Å²) >= 11 is 3.54. The van der Waals surface area contributed by atoms with Gasteiger partial charge < -0.3 is 0 Å². The van der Waals surface area contributed by atoms with Gasteiger partial charge in [-0.25, -0.2) is 4.68 Å². The van der Waals surface area contributed by atoms with E-state index in [1.165, 1.54) is 0 Å². The largest absolute Gasteiger partial charge is 0.255 e. The lowest BCUT2D eigenvalue weighted by molar-refractivity contribution is 0.635. The van der Waals surface area contributed by atoms with Crippen molar-refractivity contribution in [3.05, 3.63) is 23.8 Å². The SMILES string of the molecule is CCC(Br)c1cn(Cc2cn(C)nn2)nn1. The smallest absolute Gasteiger partial charge is 0.104 e. The fourth-order valence-corrected chi connectivity index (χ4v) is 1.59. The van der Waals surface area contributed by atoms with Gasteiger partial charge in [-0.05, 0) is 6.42 Å². The van der Waals surface area contributed by atoms with Crippen LogP contribution < -0.4 is 0 Å². The van der Waals surface area contributed by atoms with E-state index in [4.69, 9.17) is 0 Å². The van der Waals surface area contributed by atoms with E-state index >= 15 is 0 Å². The van der Waals surface area contributed by atoms with E-state index in [-0.39, 0.29) is 4.83 Å². The van der Waals surface area contributed by atoms with Gasteiger partial charge in [0.2, 0.25) is 0 Å². The zero-order chi connectivity index (χ0) is 11.5. The highest BCUT2D eigenvalue weighted by atomic mass is 79.9. The van der Waals surface area contributed by atoms with Crippen LogP contribution in [0.4, 0.5) is 0 Å². The topological polar surface area (TPSA) is 61.4 Å². The van der Waals surface area contributed by atoms with Crippen molar-refractivity contribution < 1.29 is 0 Å². The monoisotopic (exact) mass is 284 g/mol. The molecule has 0 fully saturated rings. The maximum atomic E-state index is 4.10. The summed E-state index contributed by atoms with van der Waals surface area (Å²) in [5, 5.41) is 16.0. The molecule has 1 atom stereocenters. The van der Waals surface area contributed by atoms with Crippen LogP contribution in [-0.2, 0) is 13.6 Å². The molecule has 0 aliphatic rings. The lowest BCUT2D eigenvalue weighted by atomic mass is 10.3. The van der Waals surface area contributed by atoms with Crippen molar-refractivity contribution in [2.45, 2.75) is 24.7 Å². The van der Waals surface area contributed by atoms with Crippen LogP contribution in [0, 0.1) is 0 Å². The lowest BCUT2D eigenvalue weighted by Crippen LogP contribution is -2.00. The van der Waals surface area contributed by atoms with Gasteiger partial charge in [0.05, 0.1) is 23.3 Å². The van der Waals surface area contributed by atoms with Crippen LogP contribution in [0.5, 0.6) is 0 Å². The van der Waals surface area contributed by atoms with Crippen LogP contribution in [0.2, 0.25) is 0 Å². The molecule has 16 heavy (non-hydrogen) atoms. The summed E-state index contributed by atoms with van der Waals surface area (Å²) in [6, 6.07) is 0. The molecule has 0 saturated heterocycles. The molecule has 0 bridgehead atoms. The Morgan fingerprint density at radius 1 is 1.31 bits per heavy atom. The van der Waals surface area contributed by atoms with Crippen LogP contribution in [0.25, 0.3) is 0 Å². The number of hydrogen-bond acceptors (Lipinski definition) is 4. The van der Waals surface area contributed by atoms with Crippen molar-refractivity contribution in [1.82, 2.24) is 30.0 Å². The predicted molar refractivity (Wildman–Crippen MR) is 62.1 cm³/mol. The molecule has 2 heterocycles. The molecule has 1 unspecified atom stereocenters. The second-order valence-electron chi connectivity index (χ2n) is 3.60. The molecule has 6 nitrogen and oxygen atoms in total. The predicted octanol–water partition coefficient (Wildman–Crippen LogP) is 1.30. The Morgan fingerprint density at radius 2 is 2.12 bits per heavy atom. The standard InChI is InChI=1S/C9H13BrN6/c1-3-8(10)9-6-16(14-12-9)5-7-4-15(2)13-11-7/h4,6,8H,3,5H2,1-2H3. The Labute approximate surface area is 102 Å². The maximum Gasteiger partial charge on any atom is 0.104 e. The van der Waals surface area contributed by atoms with Crippen molar-refractivity contribution in [2.24, 2.45) is 7.05 Å². The maximum absolute atomic E-state index is 4.10. The Balaban J connectivity index is 2.08. The molecular weight excluding hydrogens is 272 g/mol. The molecular formula is C9H13BrN6. The van der Waals surface area contributed by atoms with Crippen LogP contribution in [-0.4, -0.2) is 30.0 Å². The van der Waals surface area contributed by atoms with Gasteiger partial charge in [-0.2, -0.15) is 0 Å². The first kappa shape index (κ1) is 11.3. The molecule has 0 N–H and O–H groups in total. The molecule has 2 aromatic heterocycles. The van der Waals surface area contributed by atoms with Crippen molar-refractivity contribution in [3.63, 3.8) is 0 Å². The fourth-order valence-electron chi connectivity index (χ4n) is 1.38. The average Bonchev–Trinajstić information content (AvgIpc) is 2.87. The molecule has 2 aromatic rings. The summed E-state index contributed by atoms with van der Waals surface area (Å²) in [5.74, 6) is 0. The van der Waals surface area contributed by atoms with Gasteiger partial charge in [-0.1, -0.05) is 33.3 Å². The zero-order valence-corrected chi connectivity index (χ0v) is 10.8. The second-order valence-corrected chi connectivity index (χ2v) is 4.71. The molecule has 2 rings (SSSR count). The number of aryl methyl sites for hydroxylation is 1. The Hall–Kier alpha value is -1.24. The molecule has 0 saturated carbocycles. The first-order chi connectivity index (χ1) is 7.69. The van der Waals surface area contributed by atoms with Crippen LogP contribution >= 0.6 is 15.9 Å². The molecule has 0 amide bonds. The summed E-state index contributed by atoms with van der Waals surface area (Å²) in [7, 11) is 1.84. The number of hydrogen-bond donors (Lipinski definition) is 0. The van der Waals surface area contributed by atoms with Gasteiger partial charge >= 0.3 is 0 Å². The first-order valence-corrected chi connectivity index (χ1v) is 6.00. The third-order valence-corrected chi connectivity index (χ3v) is 3.33. The highest BCUT2D eigenvalue weighted by molar-refractivity contribution is 9.09. The lowest BCUT2D eigenvalue weighted by Gasteiger charge is -1.98. The quantitative estimate of drug-likeness (QED) is 0.794. The van der Waals surface area contributed by atoms with Gasteiger partial charge in [0.15, 0.2) is 0 Å². The third kappa shape index (κ3) is 2.46. The van der Waals surface area contributed by atoms with Crippen molar-refractivity contribution >= 4 is 15.9 Å². The van der Waals surface area contributed by atoms with E-state index in [2.05, 4.69) is 43.5 Å². The van der Waals surface area contributed by atoms with E-state index < -0.39 is 0 Å². The minimum Gasteiger partial charge on any atom is -0.255 e. The number of rotatable bonds is 4. The minimum atomic E-state index is 0.267. The summed E-state index contributed by atoms with van der Waals surface area (Å²) in [4.78, 5) is 0.267. The number of halogens is 1. The fraction of sp³-hybridized carbons (Fsp3) is 0.556. The van der Waals surface area contributed by atoms with E-state index in [1.54, 1.807) is 9.36 Å². The highest BCUT2D eigenvalue weighted by Gasteiger charge is 2.10. The van der Waals surface area contributed by atoms with Gasteiger partial charge in [-0.15, -0.1) is 10.2 Å². The molecule has 0 spiro atoms. The number of aromatic nitrogens is 6. The average molecular weight is 285 g/mol. The molecule has 0 aliphatic carbocycles. The molecule has 0 radical (unpaired) electrons. The summed E-state index contributed by atoms with van der Waals surface area (Å²) < 4.78 is 3.44. The summed E-state index contributed by atoms with van der Waals surface area (Å²) in [6.07, 6.45) is 4.79. The van der Waals surface area contributed by atoms with Crippen molar-refractivity contribution in [2.75, 3.05) is 0 Å². The van der Waals surface area contributed by atoms with Crippen LogP contribution in [0.3, 0.4) is 0 Å². The van der Waals surface area contributed by atoms with E-state index in [0.29, 0.717) is 6.54 Å². The Kier molecular flexibility index (Phi) is 3.33. The van der Waals surface area contributed by atoms with Crippen molar-refractivity contribution in [1.29, 1.82) is 0 Å². The van der Waals surface area contributed by atoms with Crippen LogP contribution in [0.15, 0.2) is 12.4 Å². The van der Waals surface area contributed by atoms with Gasteiger partial charge in [0, 0.05) is 13.2 Å². The van der Waals surface area contributed by atoms with Gasteiger partial charge in [0.1, 0.15) is 5.69 Å². The second kappa shape index (κ2) is 4.73. The van der Waals surface area contributed by atoms with E-state index in [9.17, 15) is 0 Å². The zero-order valence-electron chi connectivity index (χ0n) is 9.21. The molecule has 0 aliphatic heterocycles. The first-order valence-electron chi connectivity index (χ1n) is 5.08. The number of alkyl halides is 1. The summed E-state index contributed by atoms with van der Waals surface area (Å²) in [5.41, 5.74) is 1.83. The third-order valence-electron chi connectivity index (χ3n) is 2.21. The van der Waals surface area contributed by atoms with Crippen molar-refractivity contribution in [3.8, 4) is 0 Å². The molecule has 0 aromatic carbocycles. The molecule has 86 valence electrons. The Bertz CT molecular complexity index is 462. The van der Waals surface area contributed by atoms with E-state index in [0.717, 1.165) is 17.8 Å². The highest BCUT2D eigenvalue weighted by Crippen LogP contribution is 2.23. The minimum absolute atomic E-state index is 0.267. The van der Waals surface area contributed by atoms with E-state index in [1.807, 2.05) is 19.4 Å². The normalized spacial score (nSPS) is 12.9. The van der Waals surface area contributed by atoms with Gasteiger partial charge in [-0.3, -0.25) is 4.68 Å². The summed E-state index contributed by atoms with van der Waals surface area (Å²) in [6.45, 7) is 2.70. The molecule has 7 heteroatoms.